The van der Waals surface area contributed by atoms with E-state index in [-0.39, 0.29) is 18.7 Å². The standard InChI is InChI=1S/C25H25ClN4O3/c1-4-9-16(2)28-21(31)14-13-19-22(25(32)33-3)23(17-10-5-6-11-18(17)26)30-24(29-19)20-12-7-8-15-27-20/h4-12,15,23H,1,13-14H2,2-3H3,(H,28,31)(H,29,30)/b16-9+. The number of amidine groups is 1. The van der Waals surface area contributed by atoms with E-state index in [9.17, 15) is 9.59 Å². The number of methoxy groups -OCH3 is 1. The highest BCUT2D eigenvalue weighted by molar-refractivity contribution is 6.31. The van der Waals surface area contributed by atoms with Crippen LogP contribution in [0.4, 0.5) is 0 Å². The quantitative estimate of drug-likeness (QED) is 0.450. The van der Waals surface area contributed by atoms with E-state index in [1.165, 1.54) is 7.11 Å². The van der Waals surface area contributed by atoms with Crippen molar-refractivity contribution in [3.05, 3.63) is 101 Å². The molecule has 2 N–H and O–H groups in total. The summed E-state index contributed by atoms with van der Waals surface area (Å²) < 4.78 is 5.07. The summed E-state index contributed by atoms with van der Waals surface area (Å²) in [5, 5.41) is 6.46. The summed E-state index contributed by atoms with van der Waals surface area (Å²) in [5.41, 5.74) is 2.77. The molecular weight excluding hydrogens is 440 g/mol. The first-order valence-electron chi connectivity index (χ1n) is 10.4. The number of carbonyl (C=O) groups excluding carboxylic acids is 2. The molecule has 0 radical (unpaired) electrons. The van der Waals surface area contributed by atoms with Crippen LogP contribution in [0.2, 0.25) is 5.02 Å². The van der Waals surface area contributed by atoms with E-state index < -0.39 is 12.0 Å². The van der Waals surface area contributed by atoms with E-state index in [0.717, 1.165) is 0 Å². The molecule has 7 nitrogen and oxygen atoms in total. The number of nitrogens with one attached hydrogen (secondary N) is 2. The molecule has 2 heterocycles. The number of ether oxygens (including phenoxy) is 1. The summed E-state index contributed by atoms with van der Waals surface area (Å²) in [6.45, 7) is 5.40. The molecule has 1 atom stereocenters. The zero-order valence-corrected chi connectivity index (χ0v) is 19.2. The molecule has 1 aromatic carbocycles. The number of carbonyl (C=O) groups is 2. The lowest BCUT2D eigenvalue weighted by Gasteiger charge is -2.27. The summed E-state index contributed by atoms with van der Waals surface area (Å²) in [6, 6.07) is 11.9. The lowest BCUT2D eigenvalue weighted by Crippen LogP contribution is -2.35. The van der Waals surface area contributed by atoms with Gasteiger partial charge in [-0.15, -0.1) is 0 Å². The van der Waals surface area contributed by atoms with Gasteiger partial charge in [-0.05, 0) is 37.6 Å². The van der Waals surface area contributed by atoms with Gasteiger partial charge in [0.2, 0.25) is 5.91 Å². The van der Waals surface area contributed by atoms with Gasteiger partial charge in [0, 0.05) is 34.6 Å². The average Bonchev–Trinajstić information content (AvgIpc) is 2.82. The minimum atomic E-state index is -0.718. The van der Waals surface area contributed by atoms with Crippen LogP contribution in [0.5, 0.6) is 0 Å². The molecule has 3 rings (SSSR count). The Morgan fingerprint density at radius 3 is 2.67 bits per heavy atom. The first-order chi connectivity index (χ1) is 15.9. The van der Waals surface area contributed by atoms with Crippen molar-refractivity contribution < 1.29 is 14.3 Å². The average molecular weight is 465 g/mol. The maximum Gasteiger partial charge on any atom is 0.338 e. The van der Waals surface area contributed by atoms with Crippen LogP contribution in [0.15, 0.2) is 89.4 Å². The van der Waals surface area contributed by atoms with Gasteiger partial charge in [0.05, 0.1) is 12.7 Å². The number of amides is 1. The number of esters is 1. The number of hydrogen-bond acceptors (Lipinski definition) is 6. The smallest absolute Gasteiger partial charge is 0.338 e. The van der Waals surface area contributed by atoms with Crippen LogP contribution in [0.3, 0.4) is 0 Å². The van der Waals surface area contributed by atoms with E-state index >= 15 is 0 Å². The van der Waals surface area contributed by atoms with Gasteiger partial charge in [-0.3, -0.25) is 14.8 Å². The van der Waals surface area contributed by atoms with Gasteiger partial charge in [0.15, 0.2) is 5.84 Å². The number of halogens is 1. The van der Waals surface area contributed by atoms with Gasteiger partial charge in [-0.2, -0.15) is 0 Å². The number of rotatable bonds is 8. The Morgan fingerprint density at radius 1 is 1.24 bits per heavy atom. The Bertz CT molecular complexity index is 1140. The highest BCUT2D eigenvalue weighted by Gasteiger charge is 2.33. The minimum Gasteiger partial charge on any atom is -0.466 e. The lowest BCUT2D eigenvalue weighted by atomic mass is 9.93. The number of benzene rings is 1. The zero-order valence-electron chi connectivity index (χ0n) is 18.5. The molecule has 33 heavy (non-hydrogen) atoms. The van der Waals surface area contributed by atoms with Crippen LogP contribution in [0.25, 0.3) is 0 Å². The van der Waals surface area contributed by atoms with Crippen molar-refractivity contribution >= 4 is 29.3 Å². The van der Waals surface area contributed by atoms with Gasteiger partial charge >= 0.3 is 5.97 Å². The second-order valence-electron chi connectivity index (χ2n) is 7.26. The van der Waals surface area contributed by atoms with Crippen LogP contribution in [-0.4, -0.2) is 29.8 Å². The number of hydrogen-bond donors (Lipinski definition) is 2. The van der Waals surface area contributed by atoms with E-state index in [0.29, 0.717) is 39.1 Å². The Hall–Kier alpha value is -3.71. The van der Waals surface area contributed by atoms with Gasteiger partial charge in [0.1, 0.15) is 11.7 Å². The molecule has 1 amide bonds. The second-order valence-corrected chi connectivity index (χ2v) is 7.67. The molecule has 0 bridgehead atoms. The molecule has 0 spiro atoms. The fourth-order valence-electron chi connectivity index (χ4n) is 3.44. The minimum absolute atomic E-state index is 0.135. The largest absolute Gasteiger partial charge is 0.466 e. The van der Waals surface area contributed by atoms with Crippen molar-refractivity contribution in [2.45, 2.75) is 25.8 Å². The number of nitrogens with zero attached hydrogens (tertiary/aromatic N) is 2. The number of aliphatic imine (C=N–C) groups is 1. The van der Waals surface area contributed by atoms with E-state index in [2.05, 4.69) is 22.2 Å². The van der Waals surface area contributed by atoms with Crippen molar-refractivity contribution in [1.29, 1.82) is 0 Å². The Labute approximate surface area is 197 Å². The monoisotopic (exact) mass is 464 g/mol. The highest BCUT2D eigenvalue weighted by atomic mass is 35.5. The topological polar surface area (TPSA) is 92.7 Å². The van der Waals surface area contributed by atoms with Crippen LogP contribution in [-0.2, 0) is 14.3 Å². The van der Waals surface area contributed by atoms with Crippen molar-refractivity contribution in [2.24, 2.45) is 4.99 Å². The van der Waals surface area contributed by atoms with E-state index in [1.807, 2.05) is 30.3 Å². The summed E-state index contributed by atoms with van der Waals surface area (Å²) in [4.78, 5) is 34.4. The highest BCUT2D eigenvalue weighted by Crippen LogP contribution is 2.36. The van der Waals surface area contributed by atoms with Crippen LogP contribution < -0.4 is 10.6 Å². The first kappa shape index (κ1) is 23.9. The van der Waals surface area contributed by atoms with Gasteiger partial charge in [0.25, 0.3) is 0 Å². The van der Waals surface area contributed by atoms with Crippen molar-refractivity contribution in [2.75, 3.05) is 7.11 Å². The third kappa shape index (κ3) is 5.96. The second kappa shape index (κ2) is 11.2. The van der Waals surface area contributed by atoms with Gasteiger partial charge in [-0.25, -0.2) is 4.79 Å². The lowest BCUT2D eigenvalue weighted by molar-refractivity contribution is -0.136. The van der Waals surface area contributed by atoms with E-state index in [4.69, 9.17) is 21.3 Å². The molecule has 0 saturated carbocycles. The third-order valence-electron chi connectivity index (χ3n) is 4.95. The summed E-state index contributed by atoms with van der Waals surface area (Å²) in [6.07, 6.45) is 5.35. The van der Waals surface area contributed by atoms with Crippen LogP contribution in [0, 0.1) is 0 Å². The van der Waals surface area contributed by atoms with Crippen molar-refractivity contribution in [1.82, 2.24) is 15.6 Å². The molecule has 1 aliphatic rings. The maximum absolute atomic E-state index is 12.9. The van der Waals surface area contributed by atoms with Crippen molar-refractivity contribution in [3.8, 4) is 0 Å². The van der Waals surface area contributed by atoms with Crippen LogP contribution >= 0.6 is 11.6 Å². The molecule has 0 aliphatic carbocycles. The Morgan fingerprint density at radius 2 is 2.00 bits per heavy atom. The summed E-state index contributed by atoms with van der Waals surface area (Å²) in [5.74, 6) is -0.263. The summed E-state index contributed by atoms with van der Waals surface area (Å²) >= 11 is 6.47. The fraction of sp³-hybridized carbons (Fsp3) is 0.200. The van der Waals surface area contributed by atoms with Gasteiger partial charge < -0.3 is 15.4 Å². The Balaban J connectivity index is 2.02. The molecule has 0 saturated heterocycles. The van der Waals surface area contributed by atoms with E-state index in [1.54, 1.807) is 37.4 Å². The number of aromatic nitrogens is 1. The molecule has 1 aliphatic heterocycles. The molecule has 8 heteroatoms. The predicted octanol–water partition coefficient (Wildman–Crippen LogP) is 4.24. The SMILES string of the molecule is C=C/C=C(\C)NC(=O)CCC1=C(C(=O)OC)C(c2ccccc2Cl)N=C(c2ccccn2)N1. The first-order valence-corrected chi connectivity index (χ1v) is 10.7. The van der Waals surface area contributed by atoms with Crippen molar-refractivity contribution in [3.63, 3.8) is 0 Å². The van der Waals surface area contributed by atoms with Crippen LogP contribution in [0.1, 0.15) is 37.1 Å². The maximum atomic E-state index is 12.9. The predicted molar refractivity (Wildman–Crippen MR) is 128 cm³/mol. The molecule has 1 aromatic heterocycles. The molecule has 0 fully saturated rings. The normalized spacial score (nSPS) is 15.9. The summed E-state index contributed by atoms with van der Waals surface area (Å²) in [7, 11) is 1.31. The van der Waals surface area contributed by atoms with Gasteiger partial charge in [-0.1, -0.05) is 48.5 Å². The fourth-order valence-corrected chi connectivity index (χ4v) is 3.68. The Kier molecular flexibility index (Phi) is 8.16. The molecule has 1 unspecified atom stereocenters. The molecule has 2 aromatic rings. The third-order valence-corrected chi connectivity index (χ3v) is 5.29. The number of allylic oxidation sites excluding steroid dienone is 4. The zero-order chi connectivity index (χ0) is 23.8. The molecular formula is C25H25ClN4O3. The molecule has 170 valence electrons. The number of pyridine rings is 1.